The van der Waals surface area contributed by atoms with Crippen molar-refractivity contribution in [1.82, 2.24) is 62.3 Å². The Bertz CT molecular complexity index is 3550. The van der Waals surface area contributed by atoms with E-state index in [4.69, 9.17) is 18.9 Å². The van der Waals surface area contributed by atoms with Crippen molar-refractivity contribution in [1.29, 1.82) is 0 Å². The first-order valence-electron chi connectivity index (χ1n) is 33.3. The van der Waals surface area contributed by atoms with Crippen LogP contribution in [0.15, 0.2) is 88.6 Å². The van der Waals surface area contributed by atoms with Crippen LogP contribution in [0.1, 0.15) is 104 Å². The summed E-state index contributed by atoms with van der Waals surface area (Å²) < 4.78 is 23.9. The second-order valence-corrected chi connectivity index (χ2v) is 25.7. The number of aliphatic hydroxyl groups is 5. The standard InChI is InChI=1S/C67H94N12O22/c1-10-35(4)51-60(91)77-54-41-19-21-42(22-20-41)100-39(8)67(97,33-68-26-27-69-46(81)17-14-18-47(82)70-30-45-56(87)57(88)64(101-45)79-28-24-49(84)73-66(79)96)25-23-48(83)71-31-50(85)98-32-43(65(95)99-38(7)53(62(93)74-51)76-58(89)36(5)55(86)34(2)3)72-61(92)52(37(6)80)75-59(90)44(78(9)63(54)94)29-40-15-12-11-13-16-40/h11-13,15-16,19-25,28,34-39,43-45,51-57,64,68,80,86-88,97H,10,14,17-18,26-27,29-33H2,1-9H3,(H,69,81)(H,70,82)(H,71,83)(H,72,92)(H,74,93)(H,75,90)(H,76,89)(H,77,91)(H,73,84,96)/b25-23+/t35-,36+,37+,38+,39-,43-,44-,45+,51+,52+,53-,54-,55+,56+,57+,64+,67+/m0/s1. The summed E-state index contributed by atoms with van der Waals surface area (Å²) >= 11 is 0. The van der Waals surface area contributed by atoms with E-state index in [1.807, 2.05) is 4.98 Å². The van der Waals surface area contributed by atoms with Gasteiger partial charge >= 0.3 is 17.6 Å². The van der Waals surface area contributed by atoms with Gasteiger partial charge in [-0.25, -0.2) is 9.59 Å². The van der Waals surface area contributed by atoms with Crippen molar-refractivity contribution in [2.24, 2.45) is 17.8 Å². The van der Waals surface area contributed by atoms with E-state index in [1.54, 1.807) is 58.0 Å². The molecule has 15 N–H and O–H groups in total. The average molecular weight is 1420 g/mol. The number of hydrogen-bond acceptors (Lipinski definition) is 23. The van der Waals surface area contributed by atoms with Crippen LogP contribution in [0.25, 0.3) is 0 Å². The molecular weight excluding hydrogens is 1320 g/mol. The van der Waals surface area contributed by atoms with Gasteiger partial charge in [0.15, 0.2) is 12.3 Å². The number of likely N-dealkylation sites (N-methyl/N-ethyl adjacent to an activating group) is 1. The molecule has 34 heteroatoms. The SMILES string of the molecule is CC[C@H](C)[C@H]1NC(=O)[C@@H](NC(=O)[C@H](C)[C@H](O)C(C)C)[C@@H](C)OC(=O)[C@@H]2COC(=O)CNC(=O)/C=C/[C@@](O)(CNCCNC(=O)CCCC(=O)NC[C@H]3O[C@@H](n4ccc(=O)[nH]c4=O)[C@H](O)[C@@H]3O)[C@H](C)Oc3ccc(cc3)[C@H](NC1=O)C(=O)N(C)[C@@H](Cc1ccccc1)C(=O)N[C@H]([C@@H](C)O)C(=O)N2. The predicted molar refractivity (Wildman–Crippen MR) is 357 cm³/mol. The van der Waals surface area contributed by atoms with Crippen molar-refractivity contribution in [2.75, 3.05) is 46.4 Å². The van der Waals surface area contributed by atoms with Crippen molar-refractivity contribution in [3.8, 4) is 5.75 Å². The summed E-state index contributed by atoms with van der Waals surface area (Å²) in [5.41, 5.74) is -3.09. The third-order valence-corrected chi connectivity index (χ3v) is 17.7. The lowest BCUT2D eigenvalue weighted by atomic mass is 9.93. The van der Waals surface area contributed by atoms with Crippen LogP contribution in [0.5, 0.6) is 5.75 Å². The zero-order chi connectivity index (χ0) is 74.6. The van der Waals surface area contributed by atoms with Gasteiger partial charge in [0.25, 0.3) is 5.56 Å². The van der Waals surface area contributed by atoms with Gasteiger partial charge in [0, 0.05) is 70.8 Å². The van der Waals surface area contributed by atoms with Crippen LogP contribution in [-0.4, -0.2) is 230 Å². The largest absolute Gasteiger partial charge is 0.487 e. The van der Waals surface area contributed by atoms with Gasteiger partial charge in [0.2, 0.25) is 53.2 Å². The Morgan fingerprint density at radius 3 is 2.06 bits per heavy atom. The third kappa shape index (κ3) is 22.5. The zero-order valence-electron chi connectivity index (χ0n) is 57.7. The maximum Gasteiger partial charge on any atom is 0.332 e. The van der Waals surface area contributed by atoms with E-state index in [0.717, 1.165) is 40.8 Å². The number of carbonyl (C=O) groups is 11. The second kappa shape index (κ2) is 37.3. The molecule has 2 aromatic carbocycles. The van der Waals surface area contributed by atoms with Crippen molar-refractivity contribution in [3.63, 3.8) is 0 Å². The number of aromatic amines is 1. The molecule has 3 aromatic rings. The molecule has 4 bridgehead atoms. The van der Waals surface area contributed by atoms with Crippen LogP contribution in [0.2, 0.25) is 0 Å². The molecule has 7 rings (SSSR count). The van der Waals surface area contributed by atoms with Gasteiger partial charge in [-0.1, -0.05) is 83.5 Å². The van der Waals surface area contributed by atoms with E-state index < -0.39 is 198 Å². The highest BCUT2D eigenvalue weighted by molar-refractivity contribution is 5.98. The Morgan fingerprint density at radius 2 is 1.42 bits per heavy atom. The van der Waals surface area contributed by atoms with Crippen LogP contribution >= 0.6 is 0 Å². The molecule has 0 radical (unpaired) electrons. The highest BCUT2D eigenvalue weighted by Gasteiger charge is 2.45. The third-order valence-electron chi connectivity index (χ3n) is 17.7. The quantitative estimate of drug-likeness (QED) is 0.0355. The number of H-pyrrole nitrogens is 1. The van der Waals surface area contributed by atoms with E-state index >= 15 is 9.59 Å². The van der Waals surface area contributed by atoms with Crippen LogP contribution < -0.4 is 63.8 Å². The molecule has 0 saturated carbocycles. The Balaban J connectivity index is 1.29. The first-order valence-corrected chi connectivity index (χ1v) is 33.3. The van der Waals surface area contributed by atoms with E-state index in [1.165, 1.54) is 52.1 Å². The monoisotopic (exact) mass is 1420 g/mol. The van der Waals surface area contributed by atoms with Crippen molar-refractivity contribution in [2.45, 2.75) is 178 Å². The number of esters is 2. The molecule has 1 aromatic heterocycles. The maximum atomic E-state index is 15.4. The highest BCUT2D eigenvalue weighted by Crippen LogP contribution is 2.29. The second-order valence-electron chi connectivity index (χ2n) is 25.7. The van der Waals surface area contributed by atoms with Gasteiger partial charge < -0.3 is 97.2 Å². The molecule has 34 nitrogen and oxygen atoms in total. The molecule has 0 unspecified atom stereocenters. The van der Waals surface area contributed by atoms with Crippen molar-refractivity contribution >= 4 is 65.1 Å². The molecule has 2 saturated heterocycles. The number of carbonyl (C=O) groups excluding carboxylic acids is 11. The first kappa shape index (κ1) is 80.5. The molecule has 4 aliphatic heterocycles. The minimum Gasteiger partial charge on any atom is -0.487 e. The summed E-state index contributed by atoms with van der Waals surface area (Å²) in [5, 5.41) is 78.7. The molecule has 2 fully saturated rings. The summed E-state index contributed by atoms with van der Waals surface area (Å²) in [7, 11) is 1.26. The zero-order valence-corrected chi connectivity index (χ0v) is 57.7. The lowest BCUT2D eigenvalue weighted by Gasteiger charge is -2.34. The number of amides is 9. The summed E-state index contributed by atoms with van der Waals surface area (Å²) in [6, 6.07) is 4.39. The Hall–Kier alpha value is -9.45. The van der Waals surface area contributed by atoms with Crippen molar-refractivity contribution in [3.05, 3.63) is 111 Å². The number of aliphatic hydroxyl groups excluding tert-OH is 4. The molecule has 9 amide bonds. The Morgan fingerprint density at radius 1 is 0.762 bits per heavy atom. The van der Waals surface area contributed by atoms with Gasteiger partial charge in [-0.3, -0.25) is 62.3 Å². The number of fused-ring (bicyclic) bond motifs is 11. The number of benzene rings is 2. The summed E-state index contributed by atoms with van der Waals surface area (Å²) in [4.78, 5) is 182. The minimum atomic E-state index is -2.11. The van der Waals surface area contributed by atoms with Crippen LogP contribution in [0.4, 0.5) is 0 Å². The number of rotatable bonds is 21. The fourth-order valence-electron chi connectivity index (χ4n) is 11.1. The summed E-state index contributed by atoms with van der Waals surface area (Å²) in [6.07, 6.45) is -8.61. The minimum absolute atomic E-state index is 0.0124. The van der Waals surface area contributed by atoms with Gasteiger partial charge in [-0.05, 0) is 68.4 Å². The number of hydrogen-bond donors (Lipinski definition) is 15. The molecule has 101 heavy (non-hydrogen) atoms. The molecule has 17 atom stereocenters. The molecule has 0 spiro atoms. The maximum absolute atomic E-state index is 15.4. The number of aromatic nitrogens is 2. The van der Waals surface area contributed by atoms with Gasteiger partial charge in [0.05, 0.1) is 18.1 Å². The van der Waals surface area contributed by atoms with E-state index in [0.29, 0.717) is 5.56 Å². The summed E-state index contributed by atoms with van der Waals surface area (Å²) in [5.74, 6) is -13.0. The van der Waals surface area contributed by atoms with E-state index in [-0.39, 0.29) is 69.6 Å². The van der Waals surface area contributed by atoms with Gasteiger partial charge in [-0.15, -0.1) is 0 Å². The van der Waals surface area contributed by atoms with Crippen LogP contribution in [0.3, 0.4) is 0 Å². The normalized spacial score (nSPS) is 27.6. The van der Waals surface area contributed by atoms with E-state index in [9.17, 15) is 78.3 Å². The molecule has 0 aliphatic carbocycles. The fraction of sp³-hybridized carbons (Fsp3) is 0.567. The van der Waals surface area contributed by atoms with Crippen LogP contribution in [0, 0.1) is 17.8 Å². The summed E-state index contributed by atoms with van der Waals surface area (Å²) in [6.45, 7) is 9.21. The molecule has 4 aliphatic rings. The first-order chi connectivity index (χ1) is 47.7. The van der Waals surface area contributed by atoms with Gasteiger partial charge in [-0.2, -0.15) is 0 Å². The molecular formula is C67H94N12O22. The number of nitrogens with one attached hydrogen (secondary N) is 10. The average Bonchev–Trinajstić information content (AvgIpc) is 1.76. The molecule has 554 valence electrons. The lowest BCUT2D eigenvalue weighted by molar-refractivity contribution is -0.160. The number of ether oxygens (including phenoxy) is 4. The van der Waals surface area contributed by atoms with Crippen LogP contribution in [-0.2, 0) is 73.4 Å². The smallest absolute Gasteiger partial charge is 0.332 e. The fourth-order valence-corrected chi connectivity index (χ4v) is 11.1. The Labute approximate surface area is 581 Å². The van der Waals surface area contributed by atoms with Gasteiger partial charge in [0.1, 0.15) is 85.2 Å². The topological polar surface area (TPSA) is 492 Å². The highest BCUT2D eigenvalue weighted by atomic mass is 16.6. The number of cyclic esters (lactones) is 1. The van der Waals surface area contributed by atoms with Crippen molar-refractivity contribution < 1.29 is 97.2 Å². The van der Waals surface area contributed by atoms with E-state index in [2.05, 4.69) is 47.9 Å². The predicted octanol–water partition coefficient (Wildman–Crippen LogP) is -4.23. The molecule has 5 heterocycles. The lowest BCUT2D eigenvalue weighted by Crippen LogP contribution is -2.61. The number of nitrogens with zero attached hydrogens (tertiary/aromatic N) is 2. The Kier molecular flexibility index (Phi) is 29.7.